The van der Waals surface area contributed by atoms with Gasteiger partial charge >= 0.3 is 5.97 Å². The maximum Gasteiger partial charge on any atom is 0.339 e. The molecule has 1 aromatic carbocycles. The number of rotatable bonds is 2. The molecule has 0 spiro atoms. The SMILES string of the molecule is COC(=O)C(O)c1cc(Br)c2c(c1)CC(C)(C)O2. The van der Waals surface area contributed by atoms with E-state index in [2.05, 4.69) is 20.7 Å². The second kappa shape index (κ2) is 4.55. The van der Waals surface area contributed by atoms with Gasteiger partial charge in [0.05, 0.1) is 11.6 Å². The van der Waals surface area contributed by atoms with Gasteiger partial charge in [0.25, 0.3) is 0 Å². The van der Waals surface area contributed by atoms with E-state index in [0.29, 0.717) is 5.56 Å². The Kier molecular flexibility index (Phi) is 3.38. The third-order valence-electron chi connectivity index (χ3n) is 2.88. The van der Waals surface area contributed by atoms with Crippen molar-refractivity contribution in [2.75, 3.05) is 7.11 Å². The van der Waals surface area contributed by atoms with Crippen molar-refractivity contribution < 1.29 is 19.4 Å². The van der Waals surface area contributed by atoms with Gasteiger partial charge in [0, 0.05) is 6.42 Å². The number of ether oxygens (including phenoxy) is 2. The molecule has 0 amide bonds. The van der Waals surface area contributed by atoms with Crippen LogP contribution < -0.4 is 4.74 Å². The van der Waals surface area contributed by atoms with Crippen LogP contribution in [0.4, 0.5) is 0 Å². The number of hydrogen-bond acceptors (Lipinski definition) is 4. The first-order chi connectivity index (χ1) is 8.34. The first-order valence-corrected chi connectivity index (χ1v) is 6.40. The Balaban J connectivity index is 2.39. The van der Waals surface area contributed by atoms with Crippen molar-refractivity contribution in [2.24, 2.45) is 0 Å². The summed E-state index contributed by atoms with van der Waals surface area (Å²) >= 11 is 3.40. The maximum atomic E-state index is 11.3. The summed E-state index contributed by atoms with van der Waals surface area (Å²) in [6, 6.07) is 3.47. The number of hydrogen-bond donors (Lipinski definition) is 1. The standard InChI is InChI=1S/C13H15BrO4/c1-13(2)6-8-4-7(10(15)12(16)17-3)5-9(14)11(8)18-13/h4-5,10,15H,6H2,1-3H3. The van der Waals surface area contributed by atoms with Crippen LogP contribution in [-0.4, -0.2) is 23.8 Å². The lowest BCUT2D eigenvalue weighted by Crippen LogP contribution is -2.24. The summed E-state index contributed by atoms with van der Waals surface area (Å²) in [6.45, 7) is 3.99. The lowest BCUT2D eigenvalue weighted by atomic mass is 9.98. The van der Waals surface area contributed by atoms with E-state index in [1.165, 1.54) is 7.11 Å². The molecule has 2 rings (SSSR count). The molecule has 0 aliphatic carbocycles. The summed E-state index contributed by atoms with van der Waals surface area (Å²) in [6.07, 6.45) is -0.525. The zero-order valence-electron chi connectivity index (χ0n) is 10.5. The molecule has 0 radical (unpaired) electrons. The smallest absolute Gasteiger partial charge is 0.339 e. The summed E-state index contributed by atoms with van der Waals surface area (Å²) < 4.78 is 11.1. The highest BCUT2D eigenvalue weighted by molar-refractivity contribution is 9.10. The van der Waals surface area contributed by atoms with Crippen molar-refractivity contribution in [2.45, 2.75) is 32.0 Å². The van der Waals surface area contributed by atoms with Gasteiger partial charge in [0.1, 0.15) is 11.4 Å². The molecule has 4 nitrogen and oxygen atoms in total. The third kappa shape index (κ3) is 2.37. The van der Waals surface area contributed by atoms with E-state index in [1.807, 2.05) is 13.8 Å². The molecule has 0 aromatic heterocycles. The zero-order chi connectivity index (χ0) is 13.5. The average molecular weight is 315 g/mol. The molecule has 18 heavy (non-hydrogen) atoms. The molecule has 1 atom stereocenters. The van der Waals surface area contributed by atoms with Crippen LogP contribution in [0.15, 0.2) is 16.6 Å². The highest BCUT2D eigenvalue weighted by Gasteiger charge is 2.33. The number of methoxy groups -OCH3 is 1. The molecule has 1 unspecified atom stereocenters. The van der Waals surface area contributed by atoms with Crippen LogP contribution in [-0.2, 0) is 16.0 Å². The minimum atomic E-state index is -1.26. The molecular formula is C13H15BrO4. The van der Waals surface area contributed by atoms with E-state index < -0.39 is 12.1 Å². The van der Waals surface area contributed by atoms with Crippen molar-refractivity contribution in [3.05, 3.63) is 27.7 Å². The molecule has 1 aliphatic rings. The Morgan fingerprint density at radius 3 is 2.83 bits per heavy atom. The van der Waals surface area contributed by atoms with Gasteiger partial charge in [-0.25, -0.2) is 4.79 Å². The van der Waals surface area contributed by atoms with Gasteiger partial charge in [-0.2, -0.15) is 0 Å². The van der Waals surface area contributed by atoms with E-state index in [-0.39, 0.29) is 5.60 Å². The highest BCUT2D eigenvalue weighted by Crippen LogP contribution is 2.42. The maximum absolute atomic E-state index is 11.3. The lowest BCUT2D eigenvalue weighted by molar-refractivity contribution is -0.150. The molecule has 1 aliphatic heterocycles. The molecule has 1 N–H and O–H groups in total. The van der Waals surface area contributed by atoms with Gasteiger partial charge in [-0.15, -0.1) is 0 Å². The van der Waals surface area contributed by atoms with Crippen LogP contribution >= 0.6 is 15.9 Å². The van der Waals surface area contributed by atoms with Crippen LogP contribution in [0.3, 0.4) is 0 Å². The minimum Gasteiger partial charge on any atom is -0.486 e. The Labute approximate surface area is 114 Å². The van der Waals surface area contributed by atoms with Crippen LogP contribution in [0, 0.1) is 0 Å². The van der Waals surface area contributed by atoms with Crippen LogP contribution in [0.25, 0.3) is 0 Å². The highest BCUT2D eigenvalue weighted by atomic mass is 79.9. The fraction of sp³-hybridized carbons (Fsp3) is 0.462. The van der Waals surface area contributed by atoms with Gasteiger partial charge in [0.15, 0.2) is 6.10 Å². The third-order valence-corrected chi connectivity index (χ3v) is 3.47. The molecule has 98 valence electrons. The van der Waals surface area contributed by atoms with Crippen molar-refractivity contribution in [1.29, 1.82) is 0 Å². The fourth-order valence-corrected chi connectivity index (χ4v) is 2.70. The second-order valence-corrected chi connectivity index (χ2v) is 5.81. The monoisotopic (exact) mass is 314 g/mol. The summed E-state index contributed by atoms with van der Waals surface area (Å²) in [5.41, 5.74) is 1.22. The van der Waals surface area contributed by atoms with E-state index in [1.54, 1.807) is 12.1 Å². The molecular weight excluding hydrogens is 300 g/mol. The second-order valence-electron chi connectivity index (χ2n) is 4.96. The van der Waals surface area contributed by atoms with E-state index >= 15 is 0 Å². The average Bonchev–Trinajstić information content (AvgIpc) is 2.62. The van der Waals surface area contributed by atoms with E-state index in [0.717, 1.165) is 22.2 Å². The van der Waals surface area contributed by atoms with Gasteiger partial charge < -0.3 is 14.6 Å². The summed E-state index contributed by atoms with van der Waals surface area (Å²) in [4.78, 5) is 11.3. The number of aliphatic hydroxyl groups is 1. The number of carbonyl (C=O) groups excluding carboxylic acids is 1. The first kappa shape index (κ1) is 13.4. The van der Waals surface area contributed by atoms with Crippen LogP contribution in [0.5, 0.6) is 5.75 Å². The molecule has 5 heteroatoms. The van der Waals surface area contributed by atoms with Gasteiger partial charge in [0.2, 0.25) is 0 Å². The predicted molar refractivity (Wildman–Crippen MR) is 69.5 cm³/mol. The molecule has 0 bridgehead atoms. The normalized spacial score (nSPS) is 17.8. The molecule has 1 aromatic rings. The Morgan fingerprint density at radius 1 is 1.56 bits per heavy atom. The summed E-state index contributed by atoms with van der Waals surface area (Å²) in [5.74, 6) is 0.112. The van der Waals surface area contributed by atoms with Crippen LogP contribution in [0.1, 0.15) is 31.1 Å². The Bertz CT molecular complexity index is 496. The number of benzene rings is 1. The number of esters is 1. The van der Waals surface area contributed by atoms with Gasteiger partial charge in [-0.05, 0) is 53.0 Å². The summed E-state index contributed by atoms with van der Waals surface area (Å²) in [5, 5.41) is 9.84. The quantitative estimate of drug-likeness (QED) is 0.851. The lowest BCUT2D eigenvalue weighted by Gasteiger charge is -2.17. The number of carbonyl (C=O) groups is 1. The Hall–Kier alpha value is -1.07. The topological polar surface area (TPSA) is 55.8 Å². The molecule has 0 saturated heterocycles. The van der Waals surface area contributed by atoms with Crippen molar-refractivity contribution in [3.63, 3.8) is 0 Å². The van der Waals surface area contributed by atoms with Crippen molar-refractivity contribution in [1.82, 2.24) is 0 Å². The zero-order valence-corrected chi connectivity index (χ0v) is 12.1. The number of halogens is 1. The van der Waals surface area contributed by atoms with Gasteiger partial charge in [-0.3, -0.25) is 0 Å². The molecule has 1 heterocycles. The van der Waals surface area contributed by atoms with Crippen LogP contribution in [0.2, 0.25) is 0 Å². The van der Waals surface area contributed by atoms with E-state index in [4.69, 9.17) is 4.74 Å². The minimum absolute atomic E-state index is 0.264. The Morgan fingerprint density at radius 2 is 2.22 bits per heavy atom. The largest absolute Gasteiger partial charge is 0.486 e. The fourth-order valence-electron chi connectivity index (χ4n) is 2.10. The summed E-state index contributed by atoms with van der Waals surface area (Å²) in [7, 11) is 1.25. The number of fused-ring (bicyclic) bond motifs is 1. The molecule has 0 fully saturated rings. The van der Waals surface area contributed by atoms with Crippen molar-refractivity contribution >= 4 is 21.9 Å². The van der Waals surface area contributed by atoms with E-state index in [9.17, 15) is 9.90 Å². The van der Waals surface area contributed by atoms with Crippen molar-refractivity contribution in [3.8, 4) is 5.75 Å². The first-order valence-electron chi connectivity index (χ1n) is 5.61. The van der Waals surface area contributed by atoms with Gasteiger partial charge in [-0.1, -0.05) is 0 Å². The predicted octanol–water partition coefficient (Wildman–Crippen LogP) is 2.37. The molecule has 0 saturated carbocycles. The number of aliphatic hydroxyl groups excluding tert-OH is 1.